The summed E-state index contributed by atoms with van der Waals surface area (Å²) in [5.41, 5.74) is 1.56. The Hall–Kier alpha value is -2.08. The number of carbonyl (C=O) groups is 1. The molecule has 0 atom stereocenters. The third-order valence-electron chi connectivity index (χ3n) is 4.93. The molecule has 1 fully saturated rings. The highest BCUT2D eigenvalue weighted by molar-refractivity contribution is 5.80. The topological polar surface area (TPSA) is 60.0 Å². The van der Waals surface area contributed by atoms with Crippen molar-refractivity contribution in [1.29, 1.82) is 0 Å². The Morgan fingerprint density at radius 3 is 2.29 bits per heavy atom. The van der Waals surface area contributed by atoms with Crippen LogP contribution in [0, 0.1) is 11.0 Å². The smallest absolute Gasteiger partial charge is 0.321 e. The predicted molar refractivity (Wildman–Crippen MR) is 89.3 cm³/mol. The fourth-order valence-electron chi connectivity index (χ4n) is 3.49. The van der Waals surface area contributed by atoms with Gasteiger partial charge in [-0.05, 0) is 36.1 Å². The van der Waals surface area contributed by atoms with Crippen LogP contribution in [0.4, 0.5) is 4.39 Å². The first kappa shape index (κ1) is 16.8. The number of amides is 1. The molecule has 2 N–H and O–H groups in total. The summed E-state index contributed by atoms with van der Waals surface area (Å²) >= 11 is 0. The predicted octanol–water partition coefficient (Wildman–Crippen LogP) is 1.95. The number of benzene rings is 2. The monoisotopic (exact) mass is 328 g/mol. The largest absolute Gasteiger partial charge is 0.628 e. The molecule has 1 saturated heterocycles. The average Bonchev–Trinajstić information content (AvgIpc) is 2.63. The zero-order chi connectivity index (χ0) is 17.0. The van der Waals surface area contributed by atoms with Crippen LogP contribution in [0.5, 0.6) is 0 Å². The van der Waals surface area contributed by atoms with Gasteiger partial charge in [-0.25, -0.2) is 9.18 Å². The van der Waals surface area contributed by atoms with Crippen LogP contribution in [0.1, 0.15) is 24.0 Å². The van der Waals surface area contributed by atoms with Crippen LogP contribution in [-0.2, 0) is 16.8 Å². The third-order valence-corrected chi connectivity index (χ3v) is 4.93. The van der Waals surface area contributed by atoms with Crippen molar-refractivity contribution in [1.82, 2.24) is 4.90 Å². The van der Waals surface area contributed by atoms with E-state index in [4.69, 9.17) is 0 Å². The minimum absolute atomic E-state index is 0.339. The van der Waals surface area contributed by atoms with Gasteiger partial charge >= 0.3 is 5.91 Å². The maximum absolute atomic E-state index is 13.2. The van der Waals surface area contributed by atoms with E-state index in [1.165, 1.54) is 17.7 Å². The molecule has 0 unspecified atom stereocenters. The number of rotatable bonds is 4. The molecular weight excluding hydrogens is 307 g/mol. The van der Waals surface area contributed by atoms with Crippen LogP contribution in [0.25, 0.3) is 0 Å². The number of hydrogen-bond donors (Lipinski definition) is 1. The van der Waals surface area contributed by atoms with Gasteiger partial charge in [-0.3, -0.25) is 4.90 Å². The van der Waals surface area contributed by atoms with Gasteiger partial charge in [0.15, 0.2) is 0 Å². The van der Waals surface area contributed by atoms with Crippen LogP contribution in [0.15, 0.2) is 54.6 Å². The SMILES string of the molecule is O=C([NH2+][O-])C1(c2ccc(F)cc2)CCN(Cc2ccccc2)CC1. The van der Waals surface area contributed by atoms with Crippen molar-refractivity contribution in [3.63, 3.8) is 0 Å². The number of halogens is 1. The van der Waals surface area contributed by atoms with Crippen molar-refractivity contribution in [3.05, 3.63) is 76.7 Å². The molecule has 3 rings (SSSR count). The van der Waals surface area contributed by atoms with Gasteiger partial charge in [0.25, 0.3) is 0 Å². The number of likely N-dealkylation sites (tertiary alicyclic amines) is 1. The molecule has 2 aromatic rings. The number of hydrogen-bond acceptors (Lipinski definition) is 3. The van der Waals surface area contributed by atoms with Crippen molar-refractivity contribution in [3.8, 4) is 0 Å². The maximum atomic E-state index is 13.2. The van der Waals surface area contributed by atoms with Gasteiger partial charge in [0.05, 0.1) is 0 Å². The lowest BCUT2D eigenvalue weighted by molar-refractivity contribution is -0.506. The molecule has 0 aliphatic carbocycles. The van der Waals surface area contributed by atoms with E-state index >= 15 is 0 Å². The minimum Gasteiger partial charge on any atom is -0.628 e. The molecule has 4 nitrogen and oxygen atoms in total. The number of piperidine rings is 1. The number of nitrogens with two attached hydrogens (primary N) is 1. The van der Waals surface area contributed by atoms with Crippen molar-refractivity contribution in [2.75, 3.05) is 13.1 Å². The summed E-state index contributed by atoms with van der Waals surface area (Å²) < 4.78 is 13.2. The first-order chi connectivity index (χ1) is 11.6. The fraction of sp³-hybridized carbons (Fsp3) is 0.316. The maximum Gasteiger partial charge on any atom is 0.321 e. The molecule has 0 bridgehead atoms. The Balaban J connectivity index is 1.76. The van der Waals surface area contributed by atoms with E-state index in [-0.39, 0.29) is 5.82 Å². The molecule has 1 amide bonds. The highest BCUT2D eigenvalue weighted by atomic mass is 19.1. The minimum atomic E-state index is -0.817. The molecule has 24 heavy (non-hydrogen) atoms. The summed E-state index contributed by atoms with van der Waals surface area (Å²) in [6.45, 7) is 2.29. The molecule has 2 aromatic carbocycles. The quantitative estimate of drug-likeness (QED) is 0.873. The Morgan fingerprint density at radius 1 is 1.08 bits per heavy atom. The van der Waals surface area contributed by atoms with Crippen molar-refractivity contribution in [2.45, 2.75) is 24.8 Å². The van der Waals surface area contributed by atoms with E-state index in [2.05, 4.69) is 17.0 Å². The van der Waals surface area contributed by atoms with Gasteiger partial charge in [0.1, 0.15) is 11.2 Å². The molecule has 1 aliphatic rings. The summed E-state index contributed by atoms with van der Waals surface area (Å²) in [4.78, 5) is 14.6. The van der Waals surface area contributed by atoms with Crippen LogP contribution in [0.2, 0.25) is 0 Å². The van der Waals surface area contributed by atoms with Crippen LogP contribution < -0.4 is 5.48 Å². The Bertz CT molecular complexity index is 680. The summed E-state index contributed by atoms with van der Waals surface area (Å²) in [5, 5.41) is 11.2. The van der Waals surface area contributed by atoms with Gasteiger partial charge in [0.2, 0.25) is 0 Å². The Kier molecular flexibility index (Phi) is 5.04. The zero-order valence-electron chi connectivity index (χ0n) is 13.5. The molecule has 0 spiro atoms. The highest BCUT2D eigenvalue weighted by Gasteiger charge is 2.44. The number of nitrogens with zero attached hydrogens (tertiary/aromatic N) is 1. The molecule has 5 heteroatoms. The first-order valence-corrected chi connectivity index (χ1v) is 8.16. The molecule has 1 aliphatic heterocycles. The van der Waals surface area contributed by atoms with Gasteiger partial charge in [-0.15, -0.1) is 0 Å². The van der Waals surface area contributed by atoms with Crippen LogP contribution >= 0.6 is 0 Å². The van der Waals surface area contributed by atoms with Crippen LogP contribution in [0.3, 0.4) is 0 Å². The summed E-state index contributed by atoms with van der Waals surface area (Å²) in [6.07, 6.45) is 1.14. The number of carbonyl (C=O) groups excluding carboxylic acids is 1. The van der Waals surface area contributed by atoms with Gasteiger partial charge in [-0.2, -0.15) is 0 Å². The van der Waals surface area contributed by atoms with E-state index in [0.29, 0.717) is 18.3 Å². The lowest BCUT2D eigenvalue weighted by atomic mass is 9.72. The molecular formula is C19H21FN2O2. The fourth-order valence-corrected chi connectivity index (χ4v) is 3.49. The summed E-state index contributed by atoms with van der Waals surface area (Å²) in [5.74, 6) is -0.748. The standard InChI is InChI=1S/C19H21FN2O2/c20-17-8-6-16(7-9-17)19(18(23)21-24)10-12-22(13-11-19)14-15-4-2-1-3-5-15/h1-9H,10-14,21H2. The van der Waals surface area contributed by atoms with Crippen molar-refractivity contribution < 1.29 is 14.7 Å². The lowest BCUT2D eigenvalue weighted by Crippen LogP contribution is -2.86. The lowest BCUT2D eigenvalue weighted by Gasteiger charge is -2.39. The van der Waals surface area contributed by atoms with Gasteiger partial charge in [-0.1, -0.05) is 42.5 Å². The molecule has 0 radical (unpaired) electrons. The van der Waals surface area contributed by atoms with E-state index in [0.717, 1.165) is 25.2 Å². The van der Waals surface area contributed by atoms with E-state index in [1.807, 2.05) is 18.2 Å². The van der Waals surface area contributed by atoms with E-state index in [1.54, 1.807) is 12.1 Å². The highest BCUT2D eigenvalue weighted by Crippen LogP contribution is 2.35. The Morgan fingerprint density at radius 2 is 1.71 bits per heavy atom. The second-order valence-electron chi connectivity index (χ2n) is 6.33. The third kappa shape index (κ3) is 3.38. The normalized spacial score (nSPS) is 17.6. The second-order valence-corrected chi connectivity index (χ2v) is 6.33. The molecule has 0 saturated carbocycles. The second kappa shape index (κ2) is 7.21. The number of primary amides is 1. The number of hydroxylamine groups is 1. The number of quaternary nitrogens is 1. The van der Waals surface area contributed by atoms with Crippen molar-refractivity contribution >= 4 is 5.91 Å². The average molecular weight is 328 g/mol. The van der Waals surface area contributed by atoms with E-state index in [9.17, 15) is 14.4 Å². The molecule has 1 heterocycles. The molecule has 126 valence electrons. The summed E-state index contributed by atoms with van der Waals surface area (Å²) in [7, 11) is 0. The van der Waals surface area contributed by atoms with E-state index < -0.39 is 11.3 Å². The van der Waals surface area contributed by atoms with Crippen LogP contribution in [-0.4, -0.2) is 23.9 Å². The zero-order valence-corrected chi connectivity index (χ0v) is 13.5. The van der Waals surface area contributed by atoms with Crippen molar-refractivity contribution in [2.24, 2.45) is 0 Å². The van der Waals surface area contributed by atoms with Gasteiger partial charge < -0.3 is 10.7 Å². The first-order valence-electron chi connectivity index (χ1n) is 8.16. The Labute approximate surface area is 140 Å². The summed E-state index contributed by atoms with van der Waals surface area (Å²) in [6, 6.07) is 16.1. The molecule has 0 aromatic heterocycles. The van der Waals surface area contributed by atoms with Gasteiger partial charge in [0, 0.05) is 19.6 Å².